The Kier molecular flexibility index (Phi) is 5.31. The summed E-state index contributed by atoms with van der Waals surface area (Å²) in [6.07, 6.45) is 0.871. The van der Waals surface area contributed by atoms with Crippen LogP contribution in [0.1, 0.15) is 23.0 Å². The van der Waals surface area contributed by atoms with Crippen LogP contribution in [0.5, 0.6) is 5.75 Å². The average Bonchev–Trinajstić information content (AvgIpc) is 3.10. The minimum Gasteiger partial charge on any atom is -0.508 e. The van der Waals surface area contributed by atoms with E-state index in [9.17, 15) is 10.2 Å². The third-order valence-corrected chi connectivity index (χ3v) is 3.87. The van der Waals surface area contributed by atoms with E-state index in [1.165, 1.54) is 5.56 Å². The molecular weight excluding hydrogens is 302 g/mol. The van der Waals surface area contributed by atoms with Crippen LogP contribution in [0.15, 0.2) is 77.4 Å². The van der Waals surface area contributed by atoms with E-state index >= 15 is 0 Å². The first kappa shape index (κ1) is 16.3. The predicted molar refractivity (Wildman–Crippen MR) is 92.3 cm³/mol. The van der Waals surface area contributed by atoms with E-state index < -0.39 is 6.10 Å². The average molecular weight is 323 g/mol. The van der Waals surface area contributed by atoms with Gasteiger partial charge in [0.15, 0.2) is 0 Å². The van der Waals surface area contributed by atoms with Crippen molar-refractivity contribution in [2.75, 3.05) is 6.54 Å². The molecule has 0 radical (unpaired) electrons. The second-order valence-corrected chi connectivity index (χ2v) is 5.86. The molecule has 0 saturated heterocycles. The van der Waals surface area contributed by atoms with Gasteiger partial charge in [0, 0.05) is 19.6 Å². The molecule has 3 aromatic rings. The molecule has 1 aromatic heterocycles. The molecule has 0 amide bonds. The number of aliphatic hydroxyl groups excluding tert-OH is 1. The van der Waals surface area contributed by atoms with Gasteiger partial charge >= 0.3 is 0 Å². The van der Waals surface area contributed by atoms with E-state index in [0.717, 1.165) is 5.56 Å². The Morgan fingerprint density at radius 1 is 0.875 bits per heavy atom. The molecule has 4 heteroatoms. The SMILES string of the molecule is Oc1cccc(CN(Cc2ccccc2)CC(O)c2ccco2)c1. The monoisotopic (exact) mass is 323 g/mol. The molecule has 4 nitrogen and oxygen atoms in total. The van der Waals surface area contributed by atoms with Gasteiger partial charge in [-0.1, -0.05) is 42.5 Å². The summed E-state index contributed by atoms with van der Waals surface area (Å²) in [5.41, 5.74) is 2.17. The lowest BCUT2D eigenvalue weighted by Gasteiger charge is -2.24. The van der Waals surface area contributed by atoms with Gasteiger partial charge in [-0.25, -0.2) is 0 Å². The molecule has 1 heterocycles. The third-order valence-electron chi connectivity index (χ3n) is 3.87. The zero-order chi connectivity index (χ0) is 16.8. The van der Waals surface area contributed by atoms with Crippen LogP contribution in [0, 0.1) is 0 Å². The van der Waals surface area contributed by atoms with E-state index in [-0.39, 0.29) is 5.75 Å². The molecule has 24 heavy (non-hydrogen) atoms. The second kappa shape index (κ2) is 7.81. The molecule has 2 aromatic carbocycles. The van der Waals surface area contributed by atoms with Crippen molar-refractivity contribution < 1.29 is 14.6 Å². The smallest absolute Gasteiger partial charge is 0.133 e. The summed E-state index contributed by atoms with van der Waals surface area (Å²) in [5.74, 6) is 0.808. The molecule has 1 unspecified atom stereocenters. The molecule has 1 atom stereocenters. The first-order valence-corrected chi connectivity index (χ1v) is 7.96. The number of hydrogen-bond donors (Lipinski definition) is 2. The number of furan rings is 1. The number of aromatic hydroxyl groups is 1. The van der Waals surface area contributed by atoms with Crippen molar-refractivity contribution in [1.82, 2.24) is 4.90 Å². The highest BCUT2D eigenvalue weighted by molar-refractivity contribution is 5.27. The van der Waals surface area contributed by atoms with E-state index in [2.05, 4.69) is 17.0 Å². The van der Waals surface area contributed by atoms with Crippen molar-refractivity contribution in [3.8, 4) is 5.75 Å². The van der Waals surface area contributed by atoms with E-state index in [1.807, 2.05) is 30.3 Å². The summed E-state index contributed by atoms with van der Waals surface area (Å²) in [4.78, 5) is 2.14. The van der Waals surface area contributed by atoms with Crippen molar-refractivity contribution in [3.63, 3.8) is 0 Å². The molecule has 0 bridgehead atoms. The summed E-state index contributed by atoms with van der Waals surface area (Å²) < 4.78 is 5.30. The summed E-state index contributed by atoms with van der Waals surface area (Å²) >= 11 is 0. The van der Waals surface area contributed by atoms with E-state index in [1.54, 1.807) is 30.5 Å². The Labute approximate surface area is 141 Å². The fraction of sp³-hybridized carbons (Fsp3) is 0.200. The summed E-state index contributed by atoms with van der Waals surface area (Å²) in [6, 6.07) is 20.9. The van der Waals surface area contributed by atoms with Gasteiger partial charge in [-0.15, -0.1) is 0 Å². The Hall–Kier alpha value is -2.56. The van der Waals surface area contributed by atoms with Gasteiger partial charge in [-0.2, -0.15) is 0 Å². The van der Waals surface area contributed by atoms with Crippen molar-refractivity contribution in [2.24, 2.45) is 0 Å². The zero-order valence-corrected chi connectivity index (χ0v) is 13.4. The number of nitrogens with zero attached hydrogens (tertiary/aromatic N) is 1. The topological polar surface area (TPSA) is 56.8 Å². The lowest BCUT2D eigenvalue weighted by molar-refractivity contribution is 0.0873. The van der Waals surface area contributed by atoms with Crippen LogP contribution in [0.25, 0.3) is 0 Å². The van der Waals surface area contributed by atoms with Gasteiger partial charge < -0.3 is 14.6 Å². The molecule has 0 saturated carbocycles. The van der Waals surface area contributed by atoms with Crippen LogP contribution in [0.4, 0.5) is 0 Å². The molecule has 0 aliphatic rings. The van der Waals surface area contributed by atoms with Gasteiger partial charge in [0.2, 0.25) is 0 Å². The van der Waals surface area contributed by atoms with Gasteiger partial charge in [-0.05, 0) is 35.4 Å². The van der Waals surface area contributed by atoms with Crippen molar-refractivity contribution in [1.29, 1.82) is 0 Å². The Morgan fingerprint density at radius 2 is 1.62 bits per heavy atom. The lowest BCUT2D eigenvalue weighted by Crippen LogP contribution is -2.28. The van der Waals surface area contributed by atoms with Crippen LogP contribution in [-0.4, -0.2) is 21.7 Å². The maximum absolute atomic E-state index is 10.4. The predicted octanol–water partition coefficient (Wildman–Crippen LogP) is 3.72. The minimum absolute atomic E-state index is 0.249. The molecule has 0 spiro atoms. The lowest BCUT2D eigenvalue weighted by atomic mass is 10.1. The van der Waals surface area contributed by atoms with Crippen LogP contribution in [0.3, 0.4) is 0 Å². The zero-order valence-electron chi connectivity index (χ0n) is 13.4. The quantitative estimate of drug-likeness (QED) is 0.696. The normalized spacial score (nSPS) is 12.4. The summed E-state index contributed by atoms with van der Waals surface area (Å²) in [5, 5.41) is 20.1. The molecule has 124 valence electrons. The van der Waals surface area contributed by atoms with Crippen LogP contribution in [0.2, 0.25) is 0 Å². The maximum atomic E-state index is 10.4. The van der Waals surface area contributed by atoms with Crippen LogP contribution in [-0.2, 0) is 13.1 Å². The first-order valence-electron chi connectivity index (χ1n) is 7.96. The molecule has 0 aliphatic heterocycles. The van der Waals surface area contributed by atoms with Crippen LogP contribution >= 0.6 is 0 Å². The van der Waals surface area contributed by atoms with Gasteiger partial charge in [0.05, 0.1) is 6.26 Å². The van der Waals surface area contributed by atoms with Crippen molar-refractivity contribution in [2.45, 2.75) is 19.2 Å². The van der Waals surface area contributed by atoms with Gasteiger partial charge in [0.1, 0.15) is 17.6 Å². The van der Waals surface area contributed by atoms with Crippen LogP contribution < -0.4 is 0 Å². The molecule has 3 rings (SSSR count). The van der Waals surface area contributed by atoms with Crippen molar-refractivity contribution in [3.05, 3.63) is 89.9 Å². The standard InChI is InChI=1S/C20H21NO3/c22-18-9-4-8-17(12-18)14-21(13-16-6-2-1-3-7-16)15-19(23)20-10-5-11-24-20/h1-12,19,22-23H,13-15H2. The highest BCUT2D eigenvalue weighted by atomic mass is 16.4. The third kappa shape index (κ3) is 4.47. The first-order chi connectivity index (χ1) is 11.7. The number of aliphatic hydroxyl groups is 1. The number of hydrogen-bond acceptors (Lipinski definition) is 4. The number of phenols is 1. The molecule has 2 N–H and O–H groups in total. The highest BCUT2D eigenvalue weighted by Gasteiger charge is 2.16. The van der Waals surface area contributed by atoms with E-state index in [0.29, 0.717) is 25.4 Å². The highest BCUT2D eigenvalue weighted by Crippen LogP contribution is 2.19. The van der Waals surface area contributed by atoms with E-state index in [4.69, 9.17) is 4.42 Å². The Balaban J connectivity index is 1.75. The number of phenolic OH excluding ortho intramolecular Hbond substituents is 1. The minimum atomic E-state index is -0.693. The fourth-order valence-corrected chi connectivity index (χ4v) is 2.76. The molecular formula is C20H21NO3. The Morgan fingerprint density at radius 3 is 2.33 bits per heavy atom. The van der Waals surface area contributed by atoms with Crippen molar-refractivity contribution >= 4 is 0 Å². The number of rotatable bonds is 7. The van der Waals surface area contributed by atoms with Gasteiger partial charge in [0.25, 0.3) is 0 Å². The Bertz CT molecular complexity index is 741. The summed E-state index contributed by atoms with van der Waals surface area (Å²) in [7, 11) is 0. The largest absolute Gasteiger partial charge is 0.508 e. The molecule has 0 aliphatic carbocycles. The number of benzene rings is 2. The molecule has 0 fully saturated rings. The van der Waals surface area contributed by atoms with Gasteiger partial charge in [-0.3, -0.25) is 4.90 Å². The fourth-order valence-electron chi connectivity index (χ4n) is 2.76. The summed E-state index contributed by atoms with van der Waals surface area (Å²) in [6.45, 7) is 1.77. The second-order valence-electron chi connectivity index (χ2n) is 5.86. The maximum Gasteiger partial charge on any atom is 0.133 e.